The van der Waals surface area contributed by atoms with Crippen molar-refractivity contribution >= 4 is 5.91 Å². The van der Waals surface area contributed by atoms with Crippen molar-refractivity contribution in [2.24, 2.45) is 5.41 Å². The van der Waals surface area contributed by atoms with Crippen LogP contribution in [0.25, 0.3) is 11.1 Å². The van der Waals surface area contributed by atoms with Crippen molar-refractivity contribution in [2.75, 3.05) is 6.54 Å². The summed E-state index contributed by atoms with van der Waals surface area (Å²) in [6.07, 6.45) is 0.488. The Labute approximate surface area is 183 Å². The zero-order chi connectivity index (χ0) is 22.6. The van der Waals surface area contributed by atoms with Gasteiger partial charge in [-0.05, 0) is 72.1 Å². The number of benzene rings is 2. The van der Waals surface area contributed by atoms with Crippen molar-refractivity contribution in [1.82, 2.24) is 5.32 Å². The number of halogens is 1. The molecule has 3 unspecified atom stereocenters. The van der Waals surface area contributed by atoms with E-state index < -0.39 is 18.3 Å². The van der Waals surface area contributed by atoms with Gasteiger partial charge in [-0.25, -0.2) is 4.39 Å². The van der Waals surface area contributed by atoms with Crippen LogP contribution >= 0.6 is 0 Å². The summed E-state index contributed by atoms with van der Waals surface area (Å²) in [6.45, 7) is 5.85. The lowest BCUT2D eigenvalue weighted by atomic mass is 9.81. The van der Waals surface area contributed by atoms with E-state index in [2.05, 4.69) is 5.32 Å². The molecule has 1 amide bonds. The van der Waals surface area contributed by atoms with E-state index in [1.165, 1.54) is 19.1 Å². The van der Waals surface area contributed by atoms with Gasteiger partial charge in [-0.3, -0.25) is 4.79 Å². The van der Waals surface area contributed by atoms with Gasteiger partial charge in [0.05, 0.1) is 6.10 Å². The molecule has 0 heterocycles. The third kappa shape index (κ3) is 5.83. The Bertz CT molecular complexity index is 914. The summed E-state index contributed by atoms with van der Waals surface area (Å²) in [5.41, 5.74) is 2.10. The van der Waals surface area contributed by atoms with E-state index in [0.29, 0.717) is 30.7 Å². The minimum Gasteiger partial charge on any atom is -0.488 e. The van der Waals surface area contributed by atoms with Crippen LogP contribution in [-0.4, -0.2) is 41.0 Å². The van der Waals surface area contributed by atoms with Crippen molar-refractivity contribution in [3.8, 4) is 16.9 Å². The molecule has 3 N–H and O–H groups in total. The minimum absolute atomic E-state index is 0.101. The minimum atomic E-state index is -0.991. The van der Waals surface area contributed by atoms with Crippen molar-refractivity contribution in [3.05, 3.63) is 53.8 Å². The van der Waals surface area contributed by atoms with E-state index in [-0.39, 0.29) is 17.1 Å². The summed E-state index contributed by atoms with van der Waals surface area (Å²) < 4.78 is 20.0. The number of carbonyl (C=O) groups excluding carboxylic acids is 1. The second-order valence-corrected chi connectivity index (χ2v) is 9.03. The first-order valence-corrected chi connectivity index (χ1v) is 10.8. The lowest BCUT2D eigenvalue weighted by Gasteiger charge is -2.33. The monoisotopic (exact) mass is 429 g/mol. The van der Waals surface area contributed by atoms with E-state index in [1.54, 1.807) is 6.07 Å². The number of amides is 1. The molecule has 1 aliphatic carbocycles. The number of hydrogen-bond donors (Lipinski definition) is 3. The van der Waals surface area contributed by atoms with E-state index in [4.69, 9.17) is 4.74 Å². The lowest BCUT2D eigenvalue weighted by Crippen LogP contribution is -2.45. The largest absolute Gasteiger partial charge is 0.488 e. The van der Waals surface area contributed by atoms with Crippen molar-refractivity contribution in [3.63, 3.8) is 0 Å². The predicted octanol–water partition coefficient (Wildman–Crippen LogP) is 3.85. The molecule has 5 nitrogen and oxygen atoms in total. The van der Waals surface area contributed by atoms with Gasteiger partial charge in [0.1, 0.15) is 23.8 Å². The number of nitrogens with one attached hydrogen (secondary N) is 1. The number of hydrogen-bond acceptors (Lipinski definition) is 4. The third-order valence-corrected chi connectivity index (χ3v) is 6.09. The van der Waals surface area contributed by atoms with E-state index in [9.17, 15) is 19.4 Å². The van der Waals surface area contributed by atoms with Gasteiger partial charge in [-0.15, -0.1) is 0 Å². The number of rotatable bonds is 6. The maximum absolute atomic E-state index is 13.9. The van der Waals surface area contributed by atoms with Crippen LogP contribution in [0.4, 0.5) is 4.39 Å². The molecule has 1 aliphatic rings. The standard InChI is InChI=1S/C25H32FNO4/c1-16(28)27-13-11-17-9-10-20(15-21(17)18-6-4-7-19(26)14-18)31-22-8-5-12-25(2,3)24(30)23(22)29/h4,6-7,9-10,14-15,22-24,29-30H,5,8,11-13H2,1-3H3,(H,27,28). The number of aliphatic hydroxyl groups is 2. The van der Waals surface area contributed by atoms with Gasteiger partial charge in [-0.2, -0.15) is 0 Å². The summed E-state index contributed by atoms with van der Waals surface area (Å²) in [5.74, 6) is 0.121. The van der Waals surface area contributed by atoms with Gasteiger partial charge in [-0.1, -0.05) is 32.0 Å². The molecule has 6 heteroatoms. The summed E-state index contributed by atoms with van der Waals surface area (Å²) in [7, 11) is 0. The fourth-order valence-electron chi connectivity index (χ4n) is 4.19. The van der Waals surface area contributed by atoms with Crippen LogP contribution < -0.4 is 10.1 Å². The molecule has 168 valence electrons. The molecule has 31 heavy (non-hydrogen) atoms. The zero-order valence-electron chi connectivity index (χ0n) is 18.4. The van der Waals surface area contributed by atoms with E-state index >= 15 is 0 Å². The highest BCUT2D eigenvalue weighted by Crippen LogP contribution is 2.37. The van der Waals surface area contributed by atoms with Crippen LogP contribution in [0.2, 0.25) is 0 Å². The topological polar surface area (TPSA) is 78.8 Å². The van der Waals surface area contributed by atoms with Crippen LogP contribution in [-0.2, 0) is 11.2 Å². The van der Waals surface area contributed by atoms with Crippen LogP contribution in [0, 0.1) is 11.2 Å². The maximum Gasteiger partial charge on any atom is 0.216 e. The van der Waals surface area contributed by atoms with Gasteiger partial charge >= 0.3 is 0 Å². The summed E-state index contributed by atoms with van der Waals surface area (Å²) in [4.78, 5) is 11.2. The first-order valence-electron chi connectivity index (χ1n) is 10.8. The molecule has 0 saturated heterocycles. The molecule has 2 aromatic carbocycles. The quantitative estimate of drug-likeness (QED) is 0.610. The van der Waals surface area contributed by atoms with Crippen LogP contribution in [0.3, 0.4) is 0 Å². The van der Waals surface area contributed by atoms with Crippen LogP contribution in [0.15, 0.2) is 42.5 Å². The normalized spacial score (nSPS) is 23.1. The average molecular weight is 430 g/mol. The predicted molar refractivity (Wildman–Crippen MR) is 118 cm³/mol. The summed E-state index contributed by atoms with van der Waals surface area (Å²) in [5, 5.41) is 24.1. The van der Waals surface area contributed by atoms with Crippen LogP contribution in [0.5, 0.6) is 5.75 Å². The third-order valence-electron chi connectivity index (χ3n) is 6.09. The fourth-order valence-corrected chi connectivity index (χ4v) is 4.19. The number of carbonyl (C=O) groups is 1. The highest BCUT2D eigenvalue weighted by molar-refractivity contribution is 5.73. The molecule has 1 fully saturated rings. The Morgan fingerprint density at radius 3 is 2.71 bits per heavy atom. The molecule has 0 radical (unpaired) electrons. The van der Waals surface area contributed by atoms with Gasteiger partial charge < -0.3 is 20.3 Å². The van der Waals surface area contributed by atoms with Gasteiger partial charge in [0, 0.05) is 13.5 Å². The average Bonchev–Trinajstić information content (AvgIpc) is 2.80. The second-order valence-electron chi connectivity index (χ2n) is 9.03. The molecular formula is C25H32FNO4. The lowest BCUT2D eigenvalue weighted by molar-refractivity contribution is -0.118. The summed E-state index contributed by atoms with van der Waals surface area (Å²) in [6, 6.07) is 11.9. The number of aliphatic hydroxyl groups excluding tert-OH is 2. The molecule has 0 bridgehead atoms. The van der Waals surface area contributed by atoms with Gasteiger partial charge in [0.15, 0.2) is 0 Å². The van der Waals surface area contributed by atoms with Crippen molar-refractivity contribution in [2.45, 2.75) is 64.8 Å². The Balaban J connectivity index is 1.87. The Morgan fingerprint density at radius 1 is 1.23 bits per heavy atom. The molecule has 0 aliphatic heterocycles. The molecule has 1 saturated carbocycles. The Morgan fingerprint density at radius 2 is 2.00 bits per heavy atom. The SMILES string of the molecule is CC(=O)NCCc1ccc(OC2CCCC(C)(C)C(O)C2O)cc1-c1cccc(F)c1. The molecular weight excluding hydrogens is 397 g/mol. The van der Waals surface area contributed by atoms with Gasteiger partial charge in [0.25, 0.3) is 0 Å². The molecule has 2 aromatic rings. The van der Waals surface area contributed by atoms with E-state index in [1.807, 2.05) is 38.1 Å². The Hall–Kier alpha value is -2.44. The van der Waals surface area contributed by atoms with E-state index in [0.717, 1.165) is 24.0 Å². The highest BCUT2D eigenvalue weighted by atomic mass is 19.1. The first-order chi connectivity index (χ1) is 14.7. The molecule has 0 spiro atoms. The second kappa shape index (κ2) is 9.79. The van der Waals surface area contributed by atoms with Crippen molar-refractivity contribution < 1.29 is 24.1 Å². The van der Waals surface area contributed by atoms with Crippen LogP contribution in [0.1, 0.15) is 45.6 Å². The van der Waals surface area contributed by atoms with Crippen molar-refractivity contribution in [1.29, 1.82) is 0 Å². The number of ether oxygens (including phenoxy) is 1. The summed E-state index contributed by atoms with van der Waals surface area (Å²) >= 11 is 0. The van der Waals surface area contributed by atoms with Gasteiger partial charge in [0.2, 0.25) is 5.91 Å². The molecule has 0 aromatic heterocycles. The molecule has 3 rings (SSSR count). The highest BCUT2D eigenvalue weighted by Gasteiger charge is 2.41. The smallest absolute Gasteiger partial charge is 0.216 e. The maximum atomic E-state index is 13.9. The Kier molecular flexibility index (Phi) is 7.34. The first kappa shape index (κ1) is 23.2. The zero-order valence-corrected chi connectivity index (χ0v) is 18.4. The fraction of sp³-hybridized carbons (Fsp3) is 0.480. The molecule has 3 atom stereocenters.